The van der Waals surface area contributed by atoms with Crippen LogP contribution in [0.5, 0.6) is 11.5 Å². The molecule has 0 radical (unpaired) electrons. The lowest BCUT2D eigenvalue weighted by molar-refractivity contribution is -0.106. The molecule has 68 valence electrons. The van der Waals surface area contributed by atoms with Crippen LogP contribution < -0.4 is 0 Å². The predicted octanol–water partition coefficient (Wildman–Crippen LogP) is 1.57. The zero-order valence-corrected chi connectivity index (χ0v) is 7.53. The minimum Gasteiger partial charge on any atom is -0.504 e. The van der Waals surface area contributed by atoms with Gasteiger partial charge in [-0.2, -0.15) is 0 Å². The molecule has 0 bridgehead atoms. The first-order valence-electron chi connectivity index (χ1n) is 3.52. The summed E-state index contributed by atoms with van der Waals surface area (Å²) in [5.41, 5.74) is 0.623. The number of rotatable bonds is 2. The van der Waals surface area contributed by atoms with E-state index in [9.17, 15) is 4.79 Å². The van der Waals surface area contributed by atoms with Gasteiger partial charge in [-0.05, 0) is 23.8 Å². The molecule has 4 heteroatoms. The van der Waals surface area contributed by atoms with Crippen LogP contribution in [0.4, 0.5) is 0 Å². The fourth-order valence-electron chi connectivity index (χ4n) is 0.812. The predicted molar refractivity (Wildman–Crippen MR) is 52.8 cm³/mol. The molecule has 1 rings (SSSR count). The van der Waals surface area contributed by atoms with Crippen molar-refractivity contribution in [2.75, 3.05) is 0 Å². The van der Waals surface area contributed by atoms with Gasteiger partial charge in [0.25, 0.3) is 0 Å². The van der Waals surface area contributed by atoms with Gasteiger partial charge < -0.3 is 10.2 Å². The maximum atomic E-state index is 10.4. The number of phenols is 2. The highest BCUT2D eigenvalue weighted by atomic mass is 32.1. The van der Waals surface area contributed by atoms with Gasteiger partial charge in [-0.25, -0.2) is 0 Å². The van der Waals surface area contributed by atoms with E-state index in [1.807, 2.05) is 0 Å². The Morgan fingerprint density at radius 3 is 2.54 bits per heavy atom. The number of phenolic OH excluding ortho intramolecular Hbond substituents is 2. The van der Waals surface area contributed by atoms with E-state index in [-0.39, 0.29) is 16.6 Å². The molecule has 2 N–H and O–H groups in total. The second-order valence-corrected chi connectivity index (χ2v) is 2.86. The maximum absolute atomic E-state index is 10.4. The summed E-state index contributed by atoms with van der Waals surface area (Å²) in [7, 11) is 0. The van der Waals surface area contributed by atoms with Crippen molar-refractivity contribution in [3.05, 3.63) is 29.8 Å². The Kier molecular flexibility index (Phi) is 2.97. The summed E-state index contributed by atoms with van der Waals surface area (Å²) in [5.74, 6) is -0.400. The lowest BCUT2D eigenvalue weighted by Gasteiger charge is -1.97. The maximum Gasteiger partial charge on any atom is 0.209 e. The Bertz CT molecular complexity index is 358. The zero-order valence-electron chi connectivity index (χ0n) is 6.64. The van der Waals surface area contributed by atoms with Gasteiger partial charge in [-0.1, -0.05) is 12.1 Å². The topological polar surface area (TPSA) is 57.5 Å². The molecule has 0 amide bonds. The van der Waals surface area contributed by atoms with Crippen LogP contribution in [0.1, 0.15) is 5.56 Å². The van der Waals surface area contributed by atoms with Gasteiger partial charge in [0.1, 0.15) is 0 Å². The fraction of sp³-hybridized carbons (Fsp3) is 0. The number of carbonyl (C=O) groups excluding carboxylic acids is 1. The Hall–Kier alpha value is -1.42. The molecule has 0 saturated carbocycles. The molecule has 0 aliphatic rings. The molecule has 0 aliphatic carbocycles. The van der Waals surface area contributed by atoms with Crippen molar-refractivity contribution in [3.63, 3.8) is 0 Å². The van der Waals surface area contributed by atoms with E-state index in [0.29, 0.717) is 5.56 Å². The molecule has 1 aromatic rings. The third-order valence-electron chi connectivity index (χ3n) is 1.42. The monoisotopic (exact) mass is 196 g/mol. The molecule has 0 heterocycles. The summed E-state index contributed by atoms with van der Waals surface area (Å²) in [6, 6.07) is 4.27. The van der Waals surface area contributed by atoms with Crippen molar-refractivity contribution in [2.45, 2.75) is 0 Å². The van der Waals surface area contributed by atoms with E-state index in [1.54, 1.807) is 6.07 Å². The van der Waals surface area contributed by atoms with Crippen molar-refractivity contribution in [2.24, 2.45) is 0 Å². The van der Waals surface area contributed by atoms with Gasteiger partial charge in [0, 0.05) is 0 Å². The molecule has 1 aromatic carbocycles. The highest BCUT2D eigenvalue weighted by Gasteiger charge is 1.97. The van der Waals surface area contributed by atoms with E-state index >= 15 is 0 Å². The Labute approximate surface area is 80.7 Å². The van der Waals surface area contributed by atoms with Crippen molar-refractivity contribution in [1.82, 2.24) is 0 Å². The summed E-state index contributed by atoms with van der Waals surface area (Å²) in [6.45, 7) is 0. The molecule has 13 heavy (non-hydrogen) atoms. The van der Waals surface area contributed by atoms with Gasteiger partial charge in [-0.15, -0.1) is 12.6 Å². The Morgan fingerprint density at radius 1 is 1.31 bits per heavy atom. The number of hydrogen-bond donors (Lipinski definition) is 3. The van der Waals surface area contributed by atoms with Crippen molar-refractivity contribution < 1.29 is 15.0 Å². The van der Waals surface area contributed by atoms with Crippen LogP contribution in [-0.4, -0.2) is 15.3 Å². The summed E-state index contributed by atoms with van der Waals surface area (Å²) in [4.78, 5) is 10.4. The summed E-state index contributed by atoms with van der Waals surface area (Å²) in [6.07, 6.45) is 2.75. The largest absolute Gasteiger partial charge is 0.504 e. The average Bonchev–Trinajstić information content (AvgIpc) is 2.07. The number of thiol groups is 1. The van der Waals surface area contributed by atoms with E-state index < -0.39 is 0 Å². The second-order valence-electron chi connectivity index (χ2n) is 2.42. The van der Waals surface area contributed by atoms with Crippen molar-refractivity contribution >= 4 is 23.8 Å². The second kappa shape index (κ2) is 4.00. The quantitative estimate of drug-likeness (QED) is 0.382. The SMILES string of the molecule is O=C(S)C=Cc1ccc(O)c(O)c1. The summed E-state index contributed by atoms with van der Waals surface area (Å²) < 4.78 is 0. The molecule has 0 atom stereocenters. The van der Waals surface area contributed by atoms with Gasteiger partial charge in [0.05, 0.1) is 0 Å². The minimum atomic E-state index is -0.368. The average molecular weight is 196 g/mol. The third-order valence-corrected chi connectivity index (χ3v) is 1.57. The number of aromatic hydroxyl groups is 2. The van der Waals surface area contributed by atoms with Crippen LogP contribution in [0.3, 0.4) is 0 Å². The summed E-state index contributed by atoms with van der Waals surface area (Å²) >= 11 is 3.54. The van der Waals surface area contributed by atoms with Crippen LogP contribution in [0.25, 0.3) is 6.08 Å². The lowest BCUT2D eigenvalue weighted by Crippen LogP contribution is -1.77. The van der Waals surface area contributed by atoms with Crippen molar-refractivity contribution in [3.8, 4) is 11.5 Å². The van der Waals surface area contributed by atoms with E-state index in [0.717, 1.165) is 0 Å². The van der Waals surface area contributed by atoms with Crippen molar-refractivity contribution in [1.29, 1.82) is 0 Å². The molecule has 3 nitrogen and oxygen atoms in total. The number of carbonyl (C=O) groups is 1. The number of benzene rings is 1. The zero-order chi connectivity index (χ0) is 9.84. The first-order valence-corrected chi connectivity index (χ1v) is 3.97. The standard InChI is InChI=1S/C9H8O3S/c10-7-3-1-6(5-8(7)11)2-4-9(12)13/h1-5,10-11H,(H,12,13). The summed E-state index contributed by atoms with van der Waals surface area (Å²) in [5, 5.41) is 17.7. The molecule has 0 unspecified atom stereocenters. The van der Waals surface area contributed by atoms with Gasteiger partial charge in [0.15, 0.2) is 11.5 Å². The molecule has 0 aromatic heterocycles. The fourth-order valence-corrected chi connectivity index (χ4v) is 0.886. The first-order chi connectivity index (χ1) is 6.09. The minimum absolute atomic E-state index is 0.186. The van der Waals surface area contributed by atoms with Crippen LogP contribution >= 0.6 is 12.6 Å². The normalized spacial score (nSPS) is 10.5. The molecular weight excluding hydrogens is 188 g/mol. The van der Waals surface area contributed by atoms with Gasteiger partial charge in [-0.3, -0.25) is 4.79 Å². The molecule has 0 aliphatic heterocycles. The van der Waals surface area contributed by atoms with E-state index in [4.69, 9.17) is 10.2 Å². The highest BCUT2D eigenvalue weighted by Crippen LogP contribution is 2.25. The number of hydrogen-bond acceptors (Lipinski definition) is 3. The Morgan fingerprint density at radius 2 is 2.00 bits per heavy atom. The van der Waals surface area contributed by atoms with E-state index in [2.05, 4.69) is 12.6 Å². The van der Waals surface area contributed by atoms with Crippen LogP contribution in [0, 0.1) is 0 Å². The third kappa shape index (κ3) is 2.83. The van der Waals surface area contributed by atoms with Crippen LogP contribution in [0.15, 0.2) is 24.3 Å². The smallest absolute Gasteiger partial charge is 0.209 e. The molecular formula is C9H8O3S. The van der Waals surface area contributed by atoms with Gasteiger partial charge >= 0.3 is 0 Å². The molecule has 0 fully saturated rings. The first kappa shape index (κ1) is 9.67. The van der Waals surface area contributed by atoms with Crippen LogP contribution in [-0.2, 0) is 4.79 Å². The molecule has 0 saturated heterocycles. The molecule has 0 spiro atoms. The van der Waals surface area contributed by atoms with Crippen LogP contribution in [0.2, 0.25) is 0 Å². The van der Waals surface area contributed by atoms with E-state index in [1.165, 1.54) is 24.3 Å². The Balaban J connectivity index is 2.92. The lowest BCUT2D eigenvalue weighted by atomic mass is 10.2. The van der Waals surface area contributed by atoms with Gasteiger partial charge in [0.2, 0.25) is 5.12 Å². The highest BCUT2D eigenvalue weighted by molar-refractivity contribution is 7.97.